The largest absolute Gasteiger partial charge is 0.507 e. The molecule has 0 aliphatic heterocycles. The zero-order valence-corrected chi connectivity index (χ0v) is 11.8. The average Bonchev–Trinajstić information content (AvgIpc) is 2.82. The molecule has 0 aliphatic rings. The third-order valence-electron chi connectivity index (χ3n) is 2.63. The van der Waals surface area contributed by atoms with Crippen LogP contribution in [0, 0.1) is 18.3 Å². The number of hydrogen-bond donors (Lipinski definition) is 1. The molecule has 102 valence electrons. The van der Waals surface area contributed by atoms with Crippen LogP contribution in [0.4, 0.5) is 0 Å². The SMILES string of the molecule is CCOC(=O)c1nc(-c2ccc(O)c(C#N)c2)sc1C. The van der Waals surface area contributed by atoms with Gasteiger partial charge >= 0.3 is 5.97 Å². The molecule has 0 aliphatic carbocycles. The summed E-state index contributed by atoms with van der Waals surface area (Å²) in [5.41, 5.74) is 1.15. The minimum atomic E-state index is -0.452. The van der Waals surface area contributed by atoms with Crippen molar-refractivity contribution in [3.63, 3.8) is 0 Å². The van der Waals surface area contributed by atoms with Gasteiger partial charge in [-0.25, -0.2) is 9.78 Å². The number of nitriles is 1. The summed E-state index contributed by atoms with van der Waals surface area (Å²) in [4.78, 5) is 16.7. The van der Waals surface area contributed by atoms with Gasteiger partial charge in [0, 0.05) is 10.4 Å². The minimum absolute atomic E-state index is 0.0739. The number of nitrogens with zero attached hydrogens (tertiary/aromatic N) is 2. The zero-order valence-electron chi connectivity index (χ0n) is 11.0. The number of phenolic OH excluding ortho intramolecular Hbond substituents is 1. The predicted molar refractivity (Wildman–Crippen MR) is 74.6 cm³/mol. The third-order valence-corrected chi connectivity index (χ3v) is 3.65. The molecule has 0 spiro atoms. The van der Waals surface area contributed by atoms with E-state index in [2.05, 4.69) is 4.98 Å². The maximum absolute atomic E-state index is 11.7. The summed E-state index contributed by atoms with van der Waals surface area (Å²) in [6.07, 6.45) is 0. The van der Waals surface area contributed by atoms with Crippen LogP contribution in [0.15, 0.2) is 18.2 Å². The molecule has 0 saturated heterocycles. The summed E-state index contributed by atoms with van der Waals surface area (Å²) in [5.74, 6) is -0.526. The smallest absolute Gasteiger partial charge is 0.358 e. The number of aromatic nitrogens is 1. The Labute approximate surface area is 120 Å². The molecule has 0 bridgehead atoms. The molecule has 2 aromatic rings. The molecule has 0 unspecified atom stereocenters. The van der Waals surface area contributed by atoms with Crippen LogP contribution >= 0.6 is 11.3 Å². The number of ether oxygens (including phenoxy) is 1. The molecule has 20 heavy (non-hydrogen) atoms. The van der Waals surface area contributed by atoms with Gasteiger partial charge in [-0.05, 0) is 32.0 Å². The molecule has 1 heterocycles. The minimum Gasteiger partial charge on any atom is -0.507 e. The van der Waals surface area contributed by atoms with Gasteiger partial charge in [-0.2, -0.15) is 5.26 Å². The number of carbonyl (C=O) groups excluding carboxylic acids is 1. The van der Waals surface area contributed by atoms with Gasteiger partial charge < -0.3 is 9.84 Å². The van der Waals surface area contributed by atoms with E-state index in [0.717, 1.165) is 4.88 Å². The molecule has 0 saturated carbocycles. The molecule has 1 aromatic heterocycles. The van der Waals surface area contributed by atoms with Crippen molar-refractivity contribution >= 4 is 17.3 Å². The Morgan fingerprint density at radius 3 is 2.95 bits per heavy atom. The molecule has 0 atom stereocenters. The van der Waals surface area contributed by atoms with Crippen LogP contribution in [0.2, 0.25) is 0 Å². The lowest BCUT2D eigenvalue weighted by Gasteiger charge is -1.99. The number of thiazole rings is 1. The number of benzene rings is 1. The number of phenols is 1. The second kappa shape index (κ2) is 5.72. The van der Waals surface area contributed by atoms with Crippen molar-refractivity contribution in [1.82, 2.24) is 4.98 Å². The fourth-order valence-electron chi connectivity index (χ4n) is 1.67. The van der Waals surface area contributed by atoms with Crippen LogP contribution in [0.25, 0.3) is 10.6 Å². The van der Waals surface area contributed by atoms with E-state index < -0.39 is 5.97 Å². The maximum Gasteiger partial charge on any atom is 0.358 e. The summed E-state index contributed by atoms with van der Waals surface area (Å²) in [6.45, 7) is 3.82. The zero-order chi connectivity index (χ0) is 14.7. The van der Waals surface area contributed by atoms with E-state index in [1.54, 1.807) is 26.0 Å². The van der Waals surface area contributed by atoms with Crippen molar-refractivity contribution in [2.24, 2.45) is 0 Å². The fraction of sp³-hybridized carbons (Fsp3) is 0.214. The molecule has 0 radical (unpaired) electrons. The van der Waals surface area contributed by atoms with Crippen molar-refractivity contribution in [3.05, 3.63) is 34.3 Å². The first-order valence-electron chi connectivity index (χ1n) is 5.94. The van der Waals surface area contributed by atoms with Gasteiger partial charge in [0.05, 0.1) is 12.2 Å². The number of aromatic hydroxyl groups is 1. The van der Waals surface area contributed by atoms with E-state index in [9.17, 15) is 9.90 Å². The van der Waals surface area contributed by atoms with E-state index in [-0.39, 0.29) is 11.3 Å². The summed E-state index contributed by atoms with van der Waals surface area (Å²) < 4.78 is 4.93. The van der Waals surface area contributed by atoms with Gasteiger partial charge in [0.15, 0.2) is 5.69 Å². The van der Waals surface area contributed by atoms with Crippen LogP contribution in [-0.2, 0) is 4.74 Å². The quantitative estimate of drug-likeness (QED) is 0.878. The first-order chi connectivity index (χ1) is 9.56. The normalized spacial score (nSPS) is 10.1. The van der Waals surface area contributed by atoms with Crippen molar-refractivity contribution in [1.29, 1.82) is 5.26 Å². The number of rotatable bonds is 3. The van der Waals surface area contributed by atoms with E-state index in [0.29, 0.717) is 22.9 Å². The molecule has 1 N–H and O–H groups in total. The van der Waals surface area contributed by atoms with Crippen molar-refractivity contribution in [2.45, 2.75) is 13.8 Å². The molecule has 6 heteroatoms. The Balaban J connectivity index is 2.42. The lowest BCUT2D eigenvalue weighted by molar-refractivity contribution is 0.0519. The Morgan fingerprint density at radius 2 is 2.30 bits per heavy atom. The lowest BCUT2D eigenvalue weighted by Crippen LogP contribution is -2.06. The number of aryl methyl sites for hydroxylation is 1. The summed E-state index contributed by atoms with van der Waals surface area (Å²) >= 11 is 1.34. The second-order valence-corrected chi connectivity index (χ2v) is 5.19. The Bertz CT molecular complexity index is 701. The summed E-state index contributed by atoms with van der Waals surface area (Å²) in [6, 6.07) is 6.54. The monoisotopic (exact) mass is 288 g/mol. The summed E-state index contributed by atoms with van der Waals surface area (Å²) in [5, 5.41) is 19.0. The van der Waals surface area contributed by atoms with Gasteiger partial charge in [0.2, 0.25) is 0 Å². The van der Waals surface area contributed by atoms with Gasteiger partial charge in [-0.1, -0.05) is 0 Å². The first-order valence-corrected chi connectivity index (χ1v) is 6.76. The van der Waals surface area contributed by atoms with Crippen LogP contribution in [0.1, 0.15) is 27.9 Å². The highest BCUT2D eigenvalue weighted by atomic mass is 32.1. The average molecular weight is 288 g/mol. The number of carbonyl (C=O) groups is 1. The van der Waals surface area contributed by atoms with Crippen molar-refractivity contribution in [3.8, 4) is 22.4 Å². The van der Waals surface area contributed by atoms with Crippen LogP contribution in [-0.4, -0.2) is 22.7 Å². The number of esters is 1. The van der Waals surface area contributed by atoms with Crippen molar-refractivity contribution < 1.29 is 14.6 Å². The molecule has 0 amide bonds. The highest BCUT2D eigenvalue weighted by Crippen LogP contribution is 2.30. The van der Waals surface area contributed by atoms with E-state index in [1.807, 2.05) is 6.07 Å². The molecule has 1 aromatic carbocycles. The third kappa shape index (κ3) is 2.63. The van der Waals surface area contributed by atoms with Gasteiger partial charge in [0.25, 0.3) is 0 Å². The van der Waals surface area contributed by atoms with Gasteiger partial charge in [0.1, 0.15) is 16.8 Å². The summed E-state index contributed by atoms with van der Waals surface area (Å²) in [7, 11) is 0. The Kier molecular flexibility index (Phi) is 4.01. The van der Waals surface area contributed by atoms with E-state index >= 15 is 0 Å². The van der Waals surface area contributed by atoms with Crippen LogP contribution < -0.4 is 0 Å². The van der Waals surface area contributed by atoms with Gasteiger partial charge in [-0.15, -0.1) is 11.3 Å². The van der Waals surface area contributed by atoms with E-state index in [1.165, 1.54) is 17.4 Å². The molecule has 5 nitrogen and oxygen atoms in total. The molecular weight excluding hydrogens is 276 g/mol. The topological polar surface area (TPSA) is 83.2 Å². The Morgan fingerprint density at radius 1 is 1.55 bits per heavy atom. The Hall–Kier alpha value is -2.39. The van der Waals surface area contributed by atoms with Crippen LogP contribution in [0.3, 0.4) is 0 Å². The standard InChI is InChI=1S/C14H12N2O3S/c1-3-19-14(18)12-8(2)20-13(16-12)9-4-5-11(17)10(6-9)7-15/h4-6,17H,3H2,1-2H3. The highest BCUT2D eigenvalue weighted by molar-refractivity contribution is 7.15. The first kappa shape index (κ1) is 14.0. The molecule has 0 fully saturated rings. The fourth-order valence-corrected chi connectivity index (χ4v) is 2.56. The maximum atomic E-state index is 11.7. The van der Waals surface area contributed by atoms with Crippen LogP contribution in [0.5, 0.6) is 5.75 Å². The lowest BCUT2D eigenvalue weighted by atomic mass is 10.1. The molecular formula is C14H12N2O3S. The highest BCUT2D eigenvalue weighted by Gasteiger charge is 2.17. The van der Waals surface area contributed by atoms with Crippen molar-refractivity contribution in [2.75, 3.05) is 6.61 Å². The number of hydrogen-bond acceptors (Lipinski definition) is 6. The molecule has 2 rings (SSSR count). The van der Waals surface area contributed by atoms with E-state index in [4.69, 9.17) is 10.00 Å². The van der Waals surface area contributed by atoms with Gasteiger partial charge in [-0.3, -0.25) is 0 Å². The second-order valence-electron chi connectivity index (χ2n) is 3.99. The predicted octanol–water partition coefficient (Wildman–Crippen LogP) is 2.87.